The van der Waals surface area contributed by atoms with Crippen LogP contribution in [0.2, 0.25) is 5.02 Å². The molecule has 5 aromatic carbocycles. The summed E-state index contributed by atoms with van der Waals surface area (Å²) in [4.78, 5) is -1.01. The molecular formula is C28H20ClN3NaO8S2. The molecule has 215 valence electrons. The SMILES string of the molecule is O=S(=O)(O)c1ccc(Oc2ccc(Cl)cc2N=Nc2c(S(=O)(=O)O)cc3ccc(Nc4ccccc4)cc3c2O)cc1.[Na]. The Kier molecular flexibility index (Phi) is 9.79. The second kappa shape index (κ2) is 13.0. The van der Waals surface area contributed by atoms with Gasteiger partial charge in [-0.2, -0.15) is 16.8 Å². The third-order valence-corrected chi connectivity index (χ3v) is 7.89. The molecule has 43 heavy (non-hydrogen) atoms. The van der Waals surface area contributed by atoms with Crippen LogP contribution in [-0.4, -0.2) is 60.6 Å². The van der Waals surface area contributed by atoms with Crippen LogP contribution in [0.5, 0.6) is 17.2 Å². The maximum Gasteiger partial charge on any atom is 0.296 e. The number of hydrogen-bond donors (Lipinski definition) is 4. The first kappa shape index (κ1) is 32.4. The molecule has 0 amide bonds. The summed E-state index contributed by atoms with van der Waals surface area (Å²) in [6, 6.07) is 24.4. The monoisotopic (exact) mass is 648 g/mol. The van der Waals surface area contributed by atoms with Crippen molar-refractivity contribution in [3.8, 4) is 17.2 Å². The fourth-order valence-corrected chi connectivity index (χ4v) is 5.27. The summed E-state index contributed by atoms with van der Waals surface area (Å²) in [6.07, 6.45) is 0. The minimum atomic E-state index is -4.85. The van der Waals surface area contributed by atoms with Crippen LogP contribution in [0.15, 0.2) is 117 Å². The van der Waals surface area contributed by atoms with Crippen LogP contribution < -0.4 is 10.1 Å². The van der Waals surface area contributed by atoms with E-state index in [0.29, 0.717) is 11.1 Å². The predicted octanol–water partition coefficient (Wildman–Crippen LogP) is 7.26. The van der Waals surface area contributed by atoms with Crippen molar-refractivity contribution in [1.82, 2.24) is 0 Å². The molecule has 0 spiro atoms. The number of para-hydroxylation sites is 1. The smallest absolute Gasteiger partial charge is 0.296 e. The third-order valence-electron chi connectivity index (χ3n) is 5.92. The summed E-state index contributed by atoms with van der Waals surface area (Å²) in [5.41, 5.74) is 0.871. The van der Waals surface area contributed by atoms with Crippen LogP contribution in [0, 0.1) is 0 Å². The third kappa shape index (κ3) is 7.71. The van der Waals surface area contributed by atoms with Crippen molar-refractivity contribution < 1.29 is 35.8 Å². The number of nitrogens with one attached hydrogen (secondary N) is 1. The van der Waals surface area contributed by atoms with Crippen molar-refractivity contribution in [2.45, 2.75) is 9.79 Å². The number of rotatable bonds is 8. The van der Waals surface area contributed by atoms with Gasteiger partial charge in [-0.05, 0) is 78.2 Å². The standard InChI is InChI=1S/C28H20ClN3O8S2.Na/c29-18-7-13-25(40-21-9-11-22(12-10-21)41(34,35)36)24(15-18)31-32-27-26(42(37,38)39)14-17-6-8-20(16-23(17)28(27)33)30-19-4-2-1-3-5-19;/h1-16,30,33H,(H,34,35,36)(H,37,38,39);. The van der Waals surface area contributed by atoms with Gasteiger partial charge >= 0.3 is 0 Å². The Morgan fingerprint density at radius 1 is 0.744 bits per heavy atom. The Morgan fingerprint density at radius 2 is 1.44 bits per heavy atom. The van der Waals surface area contributed by atoms with Gasteiger partial charge in [0.1, 0.15) is 22.0 Å². The van der Waals surface area contributed by atoms with E-state index in [4.69, 9.17) is 16.3 Å². The molecule has 4 N–H and O–H groups in total. The largest absolute Gasteiger partial charge is 0.505 e. The van der Waals surface area contributed by atoms with Gasteiger partial charge in [-0.25, -0.2) is 0 Å². The van der Waals surface area contributed by atoms with Gasteiger partial charge in [0.25, 0.3) is 20.2 Å². The molecule has 0 saturated heterocycles. The normalized spacial score (nSPS) is 11.8. The molecule has 5 aromatic rings. The fourth-order valence-electron chi connectivity index (χ4n) is 3.97. The first-order chi connectivity index (χ1) is 19.9. The second-order valence-electron chi connectivity index (χ2n) is 8.83. The summed E-state index contributed by atoms with van der Waals surface area (Å²) in [7, 11) is -9.25. The maximum atomic E-state index is 12.3. The molecule has 0 unspecified atom stereocenters. The van der Waals surface area contributed by atoms with Gasteiger partial charge in [0.05, 0.1) is 4.90 Å². The summed E-state index contributed by atoms with van der Waals surface area (Å²) in [6.45, 7) is 0. The van der Waals surface area contributed by atoms with Crippen LogP contribution in [0.25, 0.3) is 10.8 Å². The molecule has 0 fully saturated rings. The van der Waals surface area contributed by atoms with Crippen molar-refractivity contribution in [3.63, 3.8) is 0 Å². The van der Waals surface area contributed by atoms with E-state index in [1.165, 1.54) is 30.3 Å². The molecule has 1 radical (unpaired) electrons. The van der Waals surface area contributed by atoms with Crippen molar-refractivity contribution in [2.24, 2.45) is 10.2 Å². The number of anilines is 2. The summed E-state index contributed by atoms with van der Waals surface area (Å²) in [5, 5.41) is 23.1. The van der Waals surface area contributed by atoms with Gasteiger partial charge in [-0.1, -0.05) is 35.9 Å². The number of hydrogen-bond acceptors (Lipinski definition) is 9. The molecule has 0 saturated carbocycles. The average molecular weight is 649 g/mol. The molecule has 0 aliphatic heterocycles. The van der Waals surface area contributed by atoms with E-state index in [9.17, 15) is 31.0 Å². The number of azo groups is 1. The molecule has 0 aliphatic rings. The van der Waals surface area contributed by atoms with Gasteiger partial charge in [0.15, 0.2) is 11.5 Å². The van der Waals surface area contributed by atoms with Crippen LogP contribution in [0.1, 0.15) is 0 Å². The van der Waals surface area contributed by atoms with E-state index in [1.54, 1.807) is 18.2 Å². The summed E-state index contributed by atoms with van der Waals surface area (Å²) < 4.78 is 72.0. The van der Waals surface area contributed by atoms with E-state index in [-0.39, 0.29) is 62.0 Å². The zero-order valence-electron chi connectivity index (χ0n) is 22.2. The van der Waals surface area contributed by atoms with Gasteiger partial charge in [0.2, 0.25) is 0 Å². The molecule has 0 aliphatic carbocycles. The van der Waals surface area contributed by atoms with E-state index < -0.39 is 36.6 Å². The minimum absolute atomic E-state index is 0. The summed E-state index contributed by atoms with van der Waals surface area (Å²) in [5.74, 6) is -0.288. The van der Waals surface area contributed by atoms with Crippen molar-refractivity contribution >= 4 is 94.9 Å². The topological polar surface area (TPSA) is 175 Å². The Balaban J connectivity index is 0.00000423. The number of aromatic hydroxyl groups is 1. The Hall–Kier alpha value is -3.53. The van der Waals surface area contributed by atoms with Gasteiger partial charge in [-0.15, -0.1) is 10.2 Å². The van der Waals surface area contributed by atoms with Crippen LogP contribution in [0.3, 0.4) is 0 Å². The van der Waals surface area contributed by atoms with Crippen molar-refractivity contribution in [3.05, 3.63) is 102 Å². The Morgan fingerprint density at radius 3 is 2.09 bits per heavy atom. The van der Waals surface area contributed by atoms with Crippen LogP contribution in [-0.2, 0) is 20.2 Å². The number of phenols is 1. The van der Waals surface area contributed by atoms with Gasteiger partial charge < -0.3 is 15.2 Å². The van der Waals surface area contributed by atoms with Crippen LogP contribution >= 0.6 is 11.6 Å². The predicted molar refractivity (Wildman–Crippen MR) is 163 cm³/mol. The number of phenolic OH excluding ortho intramolecular Hbond substituents is 1. The molecule has 0 heterocycles. The fraction of sp³-hybridized carbons (Fsp3) is 0. The zero-order chi connectivity index (χ0) is 30.1. The maximum absolute atomic E-state index is 12.3. The molecule has 15 heteroatoms. The number of fused-ring (bicyclic) bond motifs is 1. The number of ether oxygens (including phenoxy) is 1. The second-order valence-corrected chi connectivity index (χ2v) is 12.1. The number of nitrogens with zero attached hydrogens (tertiary/aromatic N) is 2. The Bertz CT molecular complexity index is 2060. The molecule has 5 rings (SSSR count). The number of halogens is 1. The first-order valence-corrected chi connectivity index (χ1v) is 15.2. The quantitative estimate of drug-likeness (QED) is 0.0766. The van der Waals surface area contributed by atoms with Crippen molar-refractivity contribution in [2.75, 3.05) is 5.32 Å². The van der Waals surface area contributed by atoms with Gasteiger partial charge in [0, 0.05) is 51.3 Å². The van der Waals surface area contributed by atoms with Gasteiger partial charge in [-0.3, -0.25) is 9.11 Å². The number of benzene rings is 5. The average Bonchev–Trinajstić information content (AvgIpc) is 2.94. The van der Waals surface area contributed by atoms with E-state index >= 15 is 0 Å². The summed E-state index contributed by atoms with van der Waals surface area (Å²) >= 11 is 6.13. The van der Waals surface area contributed by atoms with E-state index in [1.807, 2.05) is 30.3 Å². The van der Waals surface area contributed by atoms with E-state index in [0.717, 1.165) is 23.9 Å². The van der Waals surface area contributed by atoms with E-state index in [2.05, 4.69) is 15.5 Å². The first-order valence-electron chi connectivity index (χ1n) is 11.9. The molecule has 0 atom stereocenters. The van der Waals surface area contributed by atoms with Crippen molar-refractivity contribution in [1.29, 1.82) is 0 Å². The molecule has 11 nitrogen and oxygen atoms in total. The molecule has 0 aromatic heterocycles. The Labute approximate surface area is 273 Å². The van der Waals surface area contributed by atoms with Crippen LogP contribution in [0.4, 0.5) is 22.7 Å². The molecular weight excluding hydrogens is 629 g/mol. The zero-order valence-corrected chi connectivity index (χ0v) is 26.6. The molecule has 0 bridgehead atoms. The minimum Gasteiger partial charge on any atom is -0.505 e.